The molecule has 0 radical (unpaired) electrons. The molecule has 0 N–H and O–H groups in total. The molecule has 2 heterocycles. The molecule has 0 saturated carbocycles. The number of aliphatic imine (C=N–C) groups is 1. The van der Waals surface area contributed by atoms with Crippen LogP contribution in [-0.2, 0) is 21.1 Å². The van der Waals surface area contributed by atoms with Gasteiger partial charge in [-0.15, -0.1) is 0 Å². The van der Waals surface area contributed by atoms with E-state index in [9.17, 15) is 13.2 Å². The second kappa shape index (κ2) is 8.50. The van der Waals surface area contributed by atoms with E-state index >= 15 is 0 Å². The van der Waals surface area contributed by atoms with Gasteiger partial charge in [-0.1, -0.05) is 59.8 Å². The number of amides is 1. The number of rotatable bonds is 5. The molecule has 5 nitrogen and oxygen atoms in total. The van der Waals surface area contributed by atoms with E-state index in [-0.39, 0.29) is 28.7 Å². The lowest BCUT2D eigenvalue weighted by Gasteiger charge is -2.24. The molecule has 29 heavy (non-hydrogen) atoms. The highest BCUT2D eigenvalue weighted by molar-refractivity contribution is 8.16. The van der Waals surface area contributed by atoms with Gasteiger partial charge in [0, 0.05) is 22.4 Å². The molecule has 0 bridgehead atoms. The Morgan fingerprint density at radius 1 is 1.14 bits per heavy atom. The molecule has 152 valence electrons. The van der Waals surface area contributed by atoms with E-state index in [4.69, 9.17) is 11.6 Å². The van der Waals surface area contributed by atoms with Crippen molar-refractivity contribution in [2.45, 2.75) is 30.6 Å². The Balaban J connectivity index is 1.51. The fourth-order valence-electron chi connectivity index (χ4n) is 3.74. The molecule has 2 aromatic rings. The largest absolute Gasteiger partial charge is 0.316 e. The summed E-state index contributed by atoms with van der Waals surface area (Å²) < 4.78 is 24.2. The monoisotopic (exact) mass is 448 g/mol. The Kier molecular flexibility index (Phi) is 5.99. The maximum atomic E-state index is 12.5. The van der Waals surface area contributed by atoms with E-state index in [1.54, 1.807) is 12.1 Å². The molecule has 0 spiro atoms. The lowest BCUT2D eigenvalue weighted by Crippen LogP contribution is -2.37. The van der Waals surface area contributed by atoms with Gasteiger partial charge in [0.1, 0.15) is 0 Å². The Hall–Kier alpha value is -1.83. The van der Waals surface area contributed by atoms with Gasteiger partial charge in [-0.3, -0.25) is 4.79 Å². The van der Waals surface area contributed by atoms with Crippen molar-refractivity contribution in [1.29, 1.82) is 0 Å². The number of aryl methyl sites for hydroxylation is 1. The average molecular weight is 449 g/mol. The number of carbonyl (C=O) groups is 1. The van der Waals surface area contributed by atoms with Crippen molar-refractivity contribution in [3.05, 3.63) is 65.2 Å². The molecule has 2 aromatic carbocycles. The first-order valence-corrected chi connectivity index (χ1v) is 12.6. The lowest BCUT2D eigenvalue weighted by atomic mass is 10.1. The molecular formula is C21H21ClN2O3S2. The smallest absolute Gasteiger partial charge is 0.248 e. The van der Waals surface area contributed by atoms with Crippen molar-refractivity contribution in [1.82, 2.24) is 0 Å². The number of halogens is 1. The number of nitrogens with zero attached hydrogens (tertiary/aromatic N) is 2. The normalized spacial score (nSPS) is 24.0. The third-order valence-electron chi connectivity index (χ3n) is 5.07. The van der Waals surface area contributed by atoms with Crippen molar-refractivity contribution in [2.24, 2.45) is 4.99 Å². The third kappa shape index (κ3) is 4.85. The third-order valence-corrected chi connectivity index (χ3v) is 8.52. The molecule has 2 atom stereocenters. The summed E-state index contributed by atoms with van der Waals surface area (Å²) in [4.78, 5) is 18.7. The van der Waals surface area contributed by atoms with Gasteiger partial charge in [0.25, 0.3) is 0 Å². The summed E-state index contributed by atoms with van der Waals surface area (Å²) in [6.45, 7) is 0. The molecule has 1 amide bonds. The van der Waals surface area contributed by atoms with Crippen molar-refractivity contribution < 1.29 is 13.2 Å². The number of sulfone groups is 1. The van der Waals surface area contributed by atoms with E-state index in [0.717, 1.165) is 18.5 Å². The van der Waals surface area contributed by atoms with Crippen molar-refractivity contribution in [2.75, 3.05) is 16.4 Å². The van der Waals surface area contributed by atoms with Gasteiger partial charge in [0.05, 0.1) is 17.5 Å². The van der Waals surface area contributed by atoms with Gasteiger partial charge in [-0.25, -0.2) is 8.42 Å². The minimum atomic E-state index is -3.09. The summed E-state index contributed by atoms with van der Waals surface area (Å²) in [6, 6.07) is 17.1. The summed E-state index contributed by atoms with van der Waals surface area (Å²) in [7, 11) is -3.09. The van der Waals surface area contributed by atoms with Crippen LogP contribution in [0.15, 0.2) is 59.6 Å². The van der Waals surface area contributed by atoms with Crippen LogP contribution in [0.1, 0.15) is 18.4 Å². The summed E-state index contributed by atoms with van der Waals surface area (Å²) in [5.41, 5.74) is 1.97. The standard InChI is InChI=1S/C21H21ClN2O3S2/c22-16-9-5-10-17(12-16)24-18-13-29(26,27)14-19(18)28-21(24)23-20(25)11-4-8-15-6-2-1-3-7-15/h1-3,5-7,9-10,12,18-19H,4,8,11,13-14H2/t18-,19+/m1/s1. The van der Waals surface area contributed by atoms with Crippen LogP contribution in [0, 0.1) is 0 Å². The Labute approximate surface area is 180 Å². The number of thioether (sulfide) groups is 1. The Bertz CT molecular complexity index is 1040. The van der Waals surface area contributed by atoms with Gasteiger partial charge < -0.3 is 4.90 Å². The predicted molar refractivity (Wildman–Crippen MR) is 120 cm³/mol. The van der Waals surface area contributed by atoms with Crippen molar-refractivity contribution in [3.63, 3.8) is 0 Å². The topological polar surface area (TPSA) is 66.8 Å². The van der Waals surface area contributed by atoms with Crippen LogP contribution >= 0.6 is 23.4 Å². The number of hydrogen-bond donors (Lipinski definition) is 0. The van der Waals surface area contributed by atoms with Crippen LogP contribution in [0.5, 0.6) is 0 Å². The lowest BCUT2D eigenvalue weighted by molar-refractivity contribution is -0.117. The van der Waals surface area contributed by atoms with E-state index in [1.165, 1.54) is 17.3 Å². The number of benzene rings is 2. The maximum Gasteiger partial charge on any atom is 0.248 e. The Morgan fingerprint density at radius 2 is 1.93 bits per heavy atom. The van der Waals surface area contributed by atoms with Gasteiger partial charge in [-0.05, 0) is 36.6 Å². The van der Waals surface area contributed by atoms with Crippen LogP contribution < -0.4 is 4.90 Å². The SMILES string of the molecule is O=C(CCCc1ccccc1)N=C1S[C@H]2CS(=O)(=O)C[C@H]2N1c1cccc(Cl)c1. The van der Waals surface area contributed by atoms with Crippen molar-refractivity contribution in [3.8, 4) is 0 Å². The van der Waals surface area contributed by atoms with Gasteiger partial charge in [-0.2, -0.15) is 4.99 Å². The summed E-state index contributed by atoms with van der Waals surface area (Å²) in [5.74, 6) is -0.00256. The quantitative estimate of drug-likeness (QED) is 0.692. The molecule has 2 aliphatic rings. The maximum absolute atomic E-state index is 12.5. The number of hydrogen-bond acceptors (Lipinski definition) is 4. The zero-order valence-corrected chi connectivity index (χ0v) is 18.1. The minimum absolute atomic E-state index is 0.0679. The number of anilines is 1. The van der Waals surface area contributed by atoms with Crippen LogP contribution in [0.2, 0.25) is 5.02 Å². The number of carbonyl (C=O) groups excluding carboxylic acids is 1. The highest BCUT2D eigenvalue weighted by Crippen LogP contribution is 2.41. The second-order valence-corrected chi connectivity index (χ2v) is 11.1. The molecule has 2 aliphatic heterocycles. The molecule has 0 unspecified atom stereocenters. The van der Waals surface area contributed by atoms with Crippen LogP contribution in [0.4, 0.5) is 5.69 Å². The van der Waals surface area contributed by atoms with Crippen LogP contribution in [0.25, 0.3) is 0 Å². The Morgan fingerprint density at radius 3 is 2.69 bits per heavy atom. The van der Waals surface area contributed by atoms with E-state index in [1.807, 2.05) is 47.4 Å². The molecule has 2 fully saturated rings. The minimum Gasteiger partial charge on any atom is -0.316 e. The molecule has 0 aliphatic carbocycles. The molecule has 0 aromatic heterocycles. The average Bonchev–Trinajstić information content (AvgIpc) is 3.13. The molecule has 2 saturated heterocycles. The first kappa shape index (κ1) is 20.4. The van der Waals surface area contributed by atoms with Gasteiger partial charge in [0.2, 0.25) is 5.91 Å². The summed E-state index contributed by atoms with van der Waals surface area (Å²) in [5, 5.41) is 1.02. The van der Waals surface area contributed by atoms with E-state index in [0.29, 0.717) is 16.6 Å². The van der Waals surface area contributed by atoms with Gasteiger partial charge in [0.15, 0.2) is 15.0 Å². The fraction of sp³-hybridized carbons (Fsp3) is 0.333. The zero-order chi connectivity index (χ0) is 20.4. The van der Waals surface area contributed by atoms with Crippen molar-refractivity contribution >= 4 is 50.0 Å². The predicted octanol–water partition coefficient (Wildman–Crippen LogP) is 3.96. The van der Waals surface area contributed by atoms with E-state index in [2.05, 4.69) is 4.99 Å². The molecular weight excluding hydrogens is 428 g/mol. The molecule has 8 heteroatoms. The highest BCUT2D eigenvalue weighted by atomic mass is 35.5. The van der Waals surface area contributed by atoms with Crippen LogP contribution in [-0.4, -0.2) is 42.3 Å². The number of amidine groups is 1. The van der Waals surface area contributed by atoms with Gasteiger partial charge >= 0.3 is 0 Å². The highest BCUT2D eigenvalue weighted by Gasteiger charge is 2.49. The van der Waals surface area contributed by atoms with Crippen LogP contribution in [0.3, 0.4) is 0 Å². The zero-order valence-electron chi connectivity index (χ0n) is 15.7. The molecule has 4 rings (SSSR count). The fourth-order valence-corrected chi connectivity index (χ4v) is 7.86. The number of fused-ring (bicyclic) bond motifs is 1. The first-order valence-electron chi connectivity index (χ1n) is 9.49. The van der Waals surface area contributed by atoms with E-state index < -0.39 is 9.84 Å². The summed E-state index contributed by atoms with van der Waals surface area (Å²) >= 11 is 7.53. The second-order valence-electron chi connectivity index (χ2n) is 7.28. The first-order chi connectivity index (χ1) is 13.9. The summed E-state index contributed by atoms with van der Waals surface area (Å²) in [6.07, 6.45) is 1.91.